The molecule has 0 heterocycles. The van der Waals surface area contributed by atoms with Crippen LogP contribution >= 0.6 is 0 Å². The summed E-state index contributed by atoms with van der Waals surface area (Å²) in [4.78, 5) is 0. The second-order valence-electron chi connectivity index (χ2n) is 5.42. The summed E-state index contributed by atoms with van der Waals surface area (Å²) in [6.45, 7) is 2.00. The van der Waals surface area contributed by atoms with E-state index in [1.165, 1.54) is 6.42 Å². The molecular weight excluding hydrogens is 268 g/mol. The predicted molar refractivity (Wildman–Crippen MR) is 83.1 cm³/mol. The van der Waals surface area contributed by atoms with E-state index < -0.39 is 9.84 Å². The van der Waals surface area contributed by atoms with E-state index in [0.717, 1.165) is 43.2 Å². The Hall–Kier alpha value is -1.27. The van der Waals surface area contributed by atoms with Gasteiger partial charge in [0.25, 0.3) is 0 Å². The van der Waals surface area contributed by atoms with Gasteiger partial charge in [-0.15, -0.1) is 0 Å². The van der Waals surface area contributed by atoms with Crippen molar-refractivity contribution in [2.45, 2.75) is 56.5 Å². The van der Waals surface area contributed by atoms with Crippen molar-refractivity contribution in [2.24, 2.45) is 0 Å². The lowest BCUT2D eigenvalue weighted by atomic mass is 10.0. The standard InChI is InChI=1S/C17H22O2S/c1-2-3-8-15-9-7-10-16(13-15)14-20(18,19)17-11-5-4-6-12-17/h7,9-10,13,17H,2,4-6,11-12,14H2,1H3. The zero-order valence-corrected chi connectivity index (χ0v) is 12.9. The first-order valence-electron chi connectivity index (χ1n) is 7.41. The second-order valence-corrected chi connectivity index (χ2v) is 7.70. The molecule has 0 aromatic heterocycles. The van der Waals surface area contributed by atoms with E-state index in [4.69, 9.17) is 0 Å². The van der Waals surface area contributed by atoms with E-state index in [1.807, 2.05) is 31.2 Å². The molecule has 0 saturated heterocycles. The van der Waals surface area contributed by atoms with Gasteiger partial charge in [0, 0.05) is 12.0 Å². The van der Waals surface area contributed by atoms with Crippen molar-refractivity contribution in [1.29, 1.82) is 0 Å². The van der Waals surface area contributed by atoms with Crippen LogP contribution in [0.15, 0.2) is 24.3 Å². The highest BCUT2D eigenvalue weighted by Gasteiger charge is 2.27. The van der Waals surface area contributed by atoms with Crippen LogP contribution in [0.25, 0.3) is 0 Å². The first-order chi connectivity index (χ1) is 9.62. The summed E-state index contributed by atoms with van der Waals surface area (Å²) in [5.41, 5.74) is 1.77. The molecule has 108 valence electrons. The van der Waals surface area contributed by atoms with E-state index >= 15 is 0 Å². The molecular formula is C17H22O2S. The minimum absolute atomic E-state index is 0.137. The molecule has 1 saturated carbocycles. The number of sulfone groups is 1. The maximum absolute atomic E-state index is 12.4. The van der Waals surface area contributed by atoms with Gasteiger partial charge < -0.3 is 0 Å². The van der Waals surface area contributed by atoms with Crippen LogP contribution in [0, 0.1) is 11.8 Å². The van der Waals surface area contributed by atoms with Gasteiger partial charge in [-0.2, -0.15) is 0 Å². The molecule has 1 aromatic rings. The third kappa shape index (κ3) is 4.11. The highest BCUT2D eigenvalue weighted by atomic mass is 32.2. The molecule has 20 heavy (non-hydrogen) atoms. The lowest BCUT2D eigenvalue weighted by Crippen LogP contribution is -2.25. The van der Waals surface area contributed by atoms with E-state index in [9.17, 15) is 8.42 Å². The fourth-order valence-corrected chi connectivity index (χ4v) is 4.64. The van der Waals surface area contributed by atoms with Crippen molar-refractivity contribution >= 4 is 9.84 Å². The van der Waals surface area contributed by atoms with Crippen molar-refractivity contribution in [3.8, 4) is 11.8 Å². The molecule has 1 aliphatic carbocycles. The third-order valence-electron chi connectivity index (χ3n) is 3.76. The Morgan fingerprint density at radius 3 is 2.65 bits per heavy atom. The van der Waals surface area contributed by atoms with Crippen LogP contribution in [-0.4, -0.2) is 13.7 Å². The third-order valence-corrected chi connectivity index (χ3v) is 5.99. The minimum atomic E-state index is -3.02. The normalized spacial score (nSPS) is 16.4. The number of benzene rings is 1. The quantitative estimate of drug-likeness (QED) is 0.796. The smallest absolute Gasteiger partial charge is 0.157 e. The second kappa shape index (κ2) is 6.95. The average molecular weight is 290 g/mol. The fourth-order valence-electron chi connectivity index (χ4n) is 2.70. The molecule has 0 atom stereocenters. The highest BCUT2D eigenvalue weighted by Crippen LogP contribution is 2.26. The van der Waals surface area contributed by atoms with Crippen LogP contribution in [0.3, 0.4) is 0 Å². The molecule has 1 aromatic carbocycles. The molecule has 0 bridgehead atoms. The number of hydrogen-bond acceptors (Lipinski definition) is 2. The van der Waals surface area contributed by atoms with E-state index in [0.29, 0.717) is 0 Å². The van der Waals surface area contributed by atoms with E-state index in [-0.39, 0.29) is 11.0 Å². The van der Waals surface area contributed by atoms with Crippen LogP contribution in [0.2, 0.25) is 0 Å². The van der Waals surface area contributed by atoms with Gasteiger partial charge >= 0.3 is 0 Å². The number of rotatable bonds is 3. The first-order valence-corrected chi connectivity index (χ1v) is 9.13. The van der Waals surface area contributed by atoms with Gasteiger partial charge in [0.1, 0.15) is 0 Å². The topological polar surface area (TPSA) is 34.1 Å². The molecule has 0 amide bonds. The van der Waals surface area contributed by atoms with Gasteiger partial charge in [-0.25, -0.2) is 8.42 Å². The summed E-state index contributed by atoms with van der Waals surface area (Å²) < 4.78 is 24.9. The average Bonchev–Trinajstić information content (AvgIpc) is 2.46. The van der Waals surface area contributed by atoms with Crippen molar-refractivity contribution in [2.75, 3.05) is 0 Å². The summed E-state index contributed by atoms with van der Waals surface area (Å²) in [6, 6.07) is 7.62. The molecule has 0 spiro atoms. The van der Waals surface area contributed by atoms with Crippen molar-refractivity contribution in [3.63, 3.8) is 0 Å². The molecule has 0 N–H and O–H groups in total. The Bertz CT molecular complexity index is 599. The Kier molecular flexibility index (Phi) is 5.25. The summed E-state index contributed by atoms with van der Waals surface area (Å²) in [5, 5.41) is -0.137. The zero-order chi connectivity index (χ0) is 14.4. The van der Waals surface area contributed by atoms with Gasteiger partial charge in [-0.05, 0) is 30.5 Å². The molecule has 1 aliphatic rings. The molecule has 0 unspecified atom stereocenters. The van der Waals surface area contributed by atoms with Gasteiger partial charge in [0.15, 0.2) is 9.84 Å². The Morgan fingerprint density at radius 1 is 1.20 bits per heavy atom. The molecule has 1 fully saturated rings. The lowest BCUT2D eigenvalue weighted by Gasteiger charge is -2.21. The molecule has 0 aliphatic heterocycles. The van der Waals surface area contributed by atoms with Gasteiger partial charge in [-0.1, -0.05) is 50.2 Å². The maximum Gasteiger partial charge on any atom is 0.157 e. The highest BCUT2D eigenvalue weighted by molar-refractivity contribution is 7.91. The van der Waals surface area contributed by atoms with E-state index in [1.54, 1.807) is 0 Å². The predicted octanol–water partition coefficient (Wildman–Crippen LogP) is 3.70. The van der Waals surface area contributed by atoms with Crippen LogP contribution in [-0.2, 0) is 15.6 Å². The first kappa shape index (κ1) is 15.1. The maximum atomic E-state index is 12.4. The van der Waals surface area contributed by atoms with Crippen LogP contribution < -0.4 is 0 Å². The Morgan fingerprint density at radius 2 is 1.95 bits per heavy atom. The van der Waals surface area contributed by atoms with Crippen molar-refractivity contribution in [1.82, 2.24) is 0 Å². The summed E-state index contributed by atoms with van der Waals surface area (Å²) in [7, 11) is -3.02. The molecule has 3 heteroatoms. The monoisotopic (exact) mass is 290 g/mol. The molecule has 2 nitrogen and oxygen atoms in total. The minimum Gasteiger partial charge on any atom is -0.228 e. The van der Waals surface area contributed by atoms with Gasteiger partial charge in [-0.3, -0.25) is 0 Å². The van der Waals surface area contributed by atoms with Crippen molar-refractivity contribution in [3.05, 3.63) is 35.4 Å². The largest absolute Gasteiger partial charge is 0.228 e. The van der Waals surface area contributed by atoms with Crippen LogP contribution in [0.1, 0.15) is 56.6 Å². The number of hydrogen-bond donors (Lipinski definition) is 0. The fraction of sp³-hybridized carbons (Fsp3) is 0.529. The van der Waals surface area contributed by atoms with Gasteiger partial charge in [0.05, 0.1) is 11.0 Å². The Balaban J connectivity index is 2.12. The zero-order valence-electron chi connectivity index (χ0n) is 12.1. The lowest BCUT2D eigenvalue weighted by molar-refractivity contribution is 0.483. The molecule has 0 radical (unpaired) electrons. The molecule has 2 rings (SSSR count). The summed E-state index contributed by atoms with van der Waals surface area (Å²) in [5.74, 6) is 6.23. The SMILES string of the molecule is CCC#Cc1cccc(CS(=O)(=O)C2CCCCC2)c1. The Labute approximate surface area is 122 Å². The summed E-state index contributed by atoms with van der Waals surface area (Å²) in [6.07, 6.45) is 5.74. The van der Waals surface area contributed by atoms with Gasteiger partial charge in [0.2, 0.25) is 0 Å². The van der Waals surface area contributed by atoms with E-state index in [2.05, 4.69) is 11.8 Å². The summed E-state index contributed by atoms with van der Waals surface area (Å²) >= 11 is 0. The van der Waals surface area contributed by atoms with Crippen molar-refractivity contribution < 1.29 is 8.42 Å². The van der Waals surface area contributed by atoms with Crippen LogP contribution in [0.5, 0.6) is 0 Å². The van der Waals surface area contributed by atoms with Crippen LogP contribution in [0.4, 0.5) is 0 Å².